The summed E-state index contributed by atoms with van der Waals surface area (Å²) in [4.78, 5) is 14.5. The number of hydrogen-bond donors (Lipinski definition) is 0. The standard InChI is InChI=1S/C18H15P.Fe.HI.2NO/c1-4-10-16(11-5-1)19(17-12-6-2-7-13-17)18-14-8-3-9-15-18;;;2*1-2/h1-15H;;1H;;/q;+1;;2*-1/p-1. The van der Waals surface area contributed by atoms with Crippen LogP contribution in [0, 0.1) is 9.81 Å². The summed E-state index contributed by atoms with van der Waals surface area (Å²) in [6, 6.07) is 32.9. The van der Waals surface area contributed by atoms with E-state index in [1.165, 1.54) is 15.9 Å². The van der Waals surface area contributed by atoms with Crippen molar-refractivity contribution < 1.29 is 10.8 Å². The van der Waals surface area contributed by atoms with E-state index in [1.54, 1.807) is 0 Å². The molecule has 131 valence electrons. The van der Waals surface area contributed by atoms with Crippen LogP contribution in [-0.2, 0) is 10.8 Å². The fourth-order valence-electron chi connectivity index (χ4n) is 2.44. The van der Waals surface area contributed by atoms with E-state index in [0.717, 1.165) is 10.8 Å². The molecule has 0 N–H and O–H groups in total. The Labute approximate surface area is 163 Å². The van der Waals surface area contributed by atoms with Gasteiger partial charge in [0.15, 0.2) is 0 Å². The maximum atomic E-state index is 7.25. The van der Waals surface area contributed by atoms with Gasteiger partial charge >= 0.3 is 144 Å². The Hall–Kier alpha value is -1.46. The zero-order valence-electron chi connectivity index (χ0n) is 13.0. The van der Waals surface area contributed by atoms with Gasteiger partial charge in [0.25, 0.3) is 0 Å². The Balaban J connectivity index is 0.000000730. The molecule has 0 unspecified atom stereocenters. The van der Waals surface area contributed by atoms with Gasteiger partial charge < -0.3 is 21.0 Å². The Kier molecular flexibility index (Phi) is 10.3. The molecule has 0 radical (unpaired) electrons. The van der Waals surface area contributed by atoms with Gasteiger partial charge in [-0.1, -0.05) is 0 Å². The van der Waals surface area contributed by atoms with Crippen LogP contribution < -0.4 is 15.9 Å². The minimum absolute atomic E-state index is 1.11. The molecule has 25 heavy (non-hydrogen) atoms. The predicted octanol–water partition coefficient (Wildman–Crippen LogP) is 4.97. The van der Waals surface area contributed by atoms with Gasteiger partial charge in [-0.3, -0.25) is 0 Å². The zero-order chi connectivity index (χ0) is 18.5. The van der Waals surface area contributed by atoms with Crippen molar-refractivity contribution in [2.45, 2.75) is 0 Å². The van der Waals surface area contributed by atoms with Gasteiger partial charge in [0.1, 0.15) is 0 Å². The second kappa shape index (κ2) is 12.0. The monoisotopic (exact) mass is 505 g/mol. The number of rotatable bonds is 3. The molecule has 0 heterocycles. The van der Waals surface area contributed by atoms with Gasteiger partial charge in [0, 0.05) is 0 Å². The molecule has 0 saturated carbocycles. The van der Waals surface area contributed by atoms with E-state index in [-0.39, 0.29) is 0 Å². The Bertz CT molecular complexity index is 700. The largest absolute Gasteiger partial charge is 0.577 e. The second-order valence-electron chi connectivity index (χ2n) is 4.64. The molecule has 0 amide bonds. The molecule has 3 aromatic rings. The van der Waals surface area contributed by atoms with Crippen LogP contribution >= 0.6 is 25.9 Å². The second-order valence-corrected chi connectivity index (χ2v) is 14.5. The van der Waals surface area contributed by atoms with Gasteiger partial charge in [-0.2, -0.15) is 0 Å². The quantitative estimate of drug-likeness (QED) is 0.286. The summed E-state index contributed by atoms with van der Waals surface area (Å²) >= 11 is 2.56. The van der Waals surface area contributed by atoms with Crippen molar-refractivity contribution in [3.05, 3.63) is 112 Å². The van der Waals surface area contributed by atoms with Crippen LogP contribution in [0.1, 0.15) is 0 Å². The van der Waals surface area contributed by atoms with E-state index in [2.05, 4.69) is 111 Å². The average molecular weight is 505 g/mol. The van der Waals surface area contributed by atoms with Gasteiger partial charge in [-0.25, -0.2) is 0 Å². The first-order chi connectivity index (χ1) is 12.4. The molecule has 7 heteroatoms. The normalized spacial score (nSPS) is 9.80. The number of halogens is 1. The van der Waals surface area contributed by atoms with Crippen molar-refractivity contribution in [3.8, 4) is 0 Å². The predicted molar refractivity (Wildman–Crippen MR) is 113 cm³/mol. The molecule has 0 spiro atoms. The summed E-state index contributed by atoms with van der Waals surface area (Å²) in [5.41, 5.74) is 9.95. The SMILES string of the molecule is [I][Fe]=[P](c1ccccc1)(c1ccccc1)c1ccccc1.[N-]=O.[N-]=O. The molecular weight excluding hydrogens is 490 g/mol. The maximum Gasteiger partial charge on any atom is -0.423 e. The molecule has 0 saturated heterocycles. The van der Waals surface area contributed by atoms with Crippen molar-refractivity contribution in [2.24, 2.45) is 0 Å². The Morgan fingerprint density at radius 1 is 0.560 bits per heavy atom. The summed E-state index contributed by atoms with van der Waals surface area (Å²) in [7, 11) is 1.11. The number of nitroso groups, excluding NO2 is 2. The van der Waals surface area contributed by atoms with Crippen molar-refractivity contribution in [2.75, 3.05) is 0 Å². The first-order valence-corrected chi connectivity index (χ1v) is 13.8. The van der Waals surface area contributed by atoms with Crippen LogP contribution in [0.2, 0.25) is 0 Å². The molecule has 0 aliphatic rings. The van der Waals surface area contributed by atoms with Gasteiger partial charge in [0.2, 0.25) is 0 Å². The molecule has 0 fully saturated rings. The van der Waals surface area contributed by atoms with E-state index < -0.39 is 5.51 Å². The molecule has 0 aliphatic heterocycles. The third kappa shape index (κ3) is 5.02. The van der Waals surface area contributed by atoms with Crippen LogP contribution in [0.4, 0.5) is 0 Å². The molecule has 0 atom stereocenters. The minimum Gasteiger partial charge on any atom is -0.577 e. The summed E-state index contributed by atoms with van der Waals surface area (Å²) in [6.45, 7) is 0. The van der Waals surface area contributed by atoms with Crippen molar-refractivity contribution >= 4 is 41.8 Å². The van der Waals surface area contributed by atoms with E-state index in [0.29, 0.717) is 0 Å². The third-order valence-electron chi connectivity index (χ3n) is 3.41. The van der Waals surface area contributed by atoms with Gasteiger partial charge in [-0.05, 0) is 0 Å². The molecule has 0 aliphatic carbocycles. The molecule has 4 nitrogen and oxygen atoms in total. The van der Waals surface area contributed by atoms with Crippen LogP contribution in [0.5, 0.6) is 0 Å². The average Bonchev–Trinajstić information content (AvgIpc) is 2.74. The third-order valence-corrected chi connectivity index (χ3v) is 16.3. The van der Waals surface area contributed by atoms with E-state index in [4.69, 9.17) is 21.0 Å². The summed E-state index contributed by atoms with van der Waals surface area (Å²) in [5, 5.41) is 4.37. The number of hydrogen-bond acceptors (Lipinski definition) is 2. The molecule has 0 aromatic heterocycles. The number of benzene rings is 3. The fourth-order valence-corrected chi connectivity index (χ4v) is 15.0. The maximum absolute atomic E-state index is 7.25. The topological polar surface area (TPSA) is 78.7 Å². The van der Waals surface area contributed by atoms with Gasteiger partial charge in [0.05, 0.1) is 0 Å². The Morgan fingerprint density at radius 3 is 1.00 bits per heavy atom. The minimum atomic E-state index is -1.55. The van der Waals surface area contributed by atoms with Gasteiger partial charge in [-0.15, -0.1) is 0 Å². The summed E-state index contributed by atoms with van der Waals surface area (Å²) in [5.74, 6) is 0. The van der Waals surface area contributed by atoms with E-state index in [1.807, 2.05) is 0 Å². The number of nitrogens with zero attached hydrogens (tertiary/aromatic N) is 2. The molecule has 3 aromatic carbocycles. The van der Waals surface area contributed by atoms with Crippen LogP contribution in [0.15, 0.2) is 91.0 Å². The van der Waals surface area contributed by atoms with Crippen LogP contribution in [-0.4, -0.2) is 0 Å². The fraction of sp³-hybridized carbons (Fsp3) is 0. The van der Waals surface area contributed by atoms with E-state index in [9.17, 15) is 0 Å². The molecule has 0 bridgehead atoms. The molecule has 3 rings (SSSR count). The molecular formula is C18H15FeIN2O2P-2. The zero-order valence-corrected chi connectivity index (χ0v) is 17.2. The summed E-state index contributed by atoms with van der Waals surface area (Å²) in [6.07, 6.45) is 0. The smallest absolute Gasteiger partial charge is 0.423 e. The van der Waals surface area contributed by atoms with Crippen LogP contribution in [0.3, 0.4) is 0 Å². The first kappa shape index (κ1) is 21.6. The summed E-state index contributed by atoms with van der Waals surface area (Å²) < 4.78 is 0. The van der Waals surface area contributed by atoms with Crippen molar-refractivity contribution in [1.82, 2.24) is 0 Å². The van der Waals surface area contributed by atoms with E-state index >= 15 is 0 Å². The van der Waals surface area contributed by atoms with Crippen molar-refractivity contribution in [3.63, 3.8) is 0 Å². The first-order valence-electron chi connectivity index (χ1n) is 7.06. The Morgan fingerprint density at radius 2 is 0.800 bits per heavy atom. The van der Waals surface area contributed by atoms with Crippen LogP contribution in [0.25, 0.3) is 11.2 Å². The van der Waals surface area contributed by atoms with Crippen molar-refractivity contribution in [1.29, 1.82) is 0 Å².